The largest absolute Gasteiger partial charge is 0.497 e. The second kappa shape index (κ2) is 6.73. The van der Waals surface area contributed by atoms with E-state index in [1.807, 2.05) is 12.1 Å². The Labute approximate surface area is 125 Å². The fourth-order valence-corrected chi connectivity index (χ4v) is 3.53. The lowest BCUT2D eigenvalue weighted by molar-refractivity contribution is -0.0637. The third-order valence-electron chi connectivity index (χ3n) is 4.66. The van der Waals surface area contributed by atoms with Crippen molar-refractivity contribution in [1.29, 1.82) is 0 Å². The van der Waals surface area contributed by atoms with Crippen LogP contribution in [0.1, 0.15) is 25.0 Å². The maximum atomic E-state index is 10.3. The topological polar surface area (TPSA) is 54.8 Å². The fraction of sp³-hybridized carbons (Fsp3) is 0.688. The SMILES string of the molecule is COc1ccnc(CN2CCCC2C2COCCC2O)c1. The lowest BCUT2D eigenvalue weighted by atomic mass is 9.89. The zero-order valence-corrected chi connectivity index (χ0v) is 12.6. The van der Waals surface area contributed by atoms with E-state index >= 15 is 0 Å². The summed E-state index contributed by atoms with van der Waals surface area (Å²) in [5, 5.41) is 10.3. The van der Waals surface area contributed by atoms with Gasteiger partial charge in [0.05, 0.1) is 25.5 Å². The maximum Gasteiger partial charge on any atom is 0.122 e. The van der Waals surface area contributed by atoms with E-state index in [4.69, 9.17) is 9.47 Å². The first-order valence-corrected chi connectivity index (χ1v) is 7.76. The second-order valence-electron chi connectivity index (χ2n) is 5.96. The fourth-order valence-electron chi connectivity index (χ4n) is 3.53. The van der Waals surface area contributed by atoms with E-state index in [1.54, 1.807) is 13.3 Å². The molecule has 3 unspecified atom stereocenters. The predicted molar refractivity (Wildman–Crippen MR) is 79.2 cm³/mol. The minimum absolute atomic E-state index is 0.229. The molecule has 0 aromatic carbocycles. The number of hydrogen-bond donors (Lipinski definition) is 1. The predicted octanol–water partition coefficient (Wildman–Crippen LogP) is 1.45. The van der Waals surface area contributed by atoms with Crippen LogP contribution < -0.4 is 4.74 Å². The highest BCUT2D eigenvalue weighted by Crippen LogP contribution is 2.31. The lowest BCUT2D eigenvalue weighted by Crippen LogP contribution is -2.45. The first-order valence-electron chi connectivity index (χ1n) is 7.76. The number of ether oxygens (including phenoxy) is 2. The molecule has 21 heavy (non-hydrogen) atoms. The summed E-state index contributed by atoms with van der Waals surface area (Å²) in [7, 11) is 1.67. The highest BCUT2D eigenvalue weighted by atomic mass is 16.5. The highest BCUT2D eigenvalue weighted by Gasteiger charge is 2.37. The van der Waals surface area contributed by atoms with Crippen LogP contribution in [0.25, 0.3) is 0 Å². The van der Waals surface area contributed by atoms with Crippen molar-refractivity contribution >= 4 is 0 Å². The van der Waals surface area contributed by atoms with Crippen LogP contribution in [0.4, 0.5) is 0 Å². The Hall–Kier alpha value is -1.17. The molecule has 0 saturated carbocycles. The van der Waals surface area contributed by atoms with Crippen molar-refractivity contribution in [3.8, 4) is 5.75 Å². The van der Waals surface area contributed by atoms with Gasteiger partial charge < -0.3 is 14.6 Å². The lowest BCUT2D eigenvalue weighted by Gasteiger charge is -2.36. The van der Waals surface area contributed by atoms with Crippen LogP contribution in [0.15, 0.2) is 18.3 Å². The summed E-state index contributed by atoms with van der Waals surface area (Å²) in [4.78, 5) is 6.87. The summed E-state index contributed by atoms with van der Waals surface area (Å²) >= 11 is 0. The molecule has 1 aromatic rings. The molecule has 1 aromatic heterocycles. The van der Waals surface area contributed by atoms with Gasteiger partial charge in [-0.3, -0.25) is 9.88 Å². The van der Waals surface area contributed by atoms with Gasteiger partial charge in [-0.15, -0.1) is 0 Å². The van der Waals surface area contributed by atoms with Gasteiger partial charge >= 0.3 is 0 Å². The quantitative estimate of drug-likeness (QED) is 0.910. The molecule has 2 aliphatic rings. The third-order valence-corrected chi connectivity index (χ3v) is 4.66. The molecule has 0 radical (unpaired) electrons. The van der Waals surface area contributed by atoms with Gasteiger partial charge in [0.15, 0.2) is 0 Å². The number of rotatable bonds is 4. The molecule has 1 N–H and O–H groups in total. The molecule has 2 saturated heterocycles. The number of nitrogens with zero attached hydrogens (tertiary/aromatic N) is 2. The van der Waals surface area contributed by atoms with Gasteiger partial charge in [-0.2, -0.15) is 0 Å². The first kappa shape index (κ1) is 14.8. The molecule has 3 heterocycles. The van der Waals surface area contributed by atoms with Crippen LogP contribution in [-0.4, -0.2) is 54.0 Å². The van der Waals surface area contributed by atoms with Crippen molar-refractivity contribution < 1.29 is 14.6 Å². The van der Waals surface area contributed by atoms with Crippen molar-refractivity contribution in [2.75, 3.05) is 26.9 Å². The second-order valence-corrected chi connectivity index (χ2v) is 5.96. The van der Waals surface area contributed by atoms with Crippen LogP contribution in [0.3, 0.4) is 0 Å². The van der Waals surface area contributed by atoms with E-state index in [1.165, 1.54) is 6.42 Å². The smallest absolute Gasteiger partial charge is 0.122 e. The average Bonchev–Trinajstić information content (AvgIpc) is 2.96. The summed E-state index contributed by atoms with van der Waals surface area (Å²) in [6.45, 7) is 3.23. The van der Waals surface area contributed by atoms with Crippen molar-refractivity contribution in [3.05, 3.63) is 24.0 Å². The number of methoxy groups -OCH3 is 1. The van der Waals surface area contributed by atoms with Crippen molar-refractivity contribution in [2.24, 2.45) is 5.92 Å². The minimum Gasteiger partial charge on any atom is -0.497 e. The van der Waals surface area contributed by atoms with Gasteiger partial charge in [-0.25, -0.2) is 0 Å². The zero-order valence-electron chi connectivity index (χ0n) is 12.6. The third kappa shape index (κ3) is 3.36. The molecule has 2 fully saturated rings. The molecule has 5 nitrogen and oxygen atoms in total. The van der Waals surface area contributed by atoms with E-state index in [0.717, 1.165) is 37.4 Å². The van der Waals surface area contributed by atoms with Gasteiger partial charge in [0, 0.05) is 37.4 Å². The molecular formula is C16H24N2O3. The standard InChI is InChI=1S/C16H24N2O3/c1-20-13-4-6-17-12(9-13)10-18-7-2-3-15(18)14-11-21-8-5-16(14)19/h4,6,9,14-16,19H,2-3,5,7-8,10-11H2,1H3. The molecule has 0 bridgehead atoms. The number of likely N-dealkylation sites (tertiary alicyclic amines) is 1. The zero-order chi connectivity index (χ0) is 14.7. The van der Waals surface area contributed by atoms with Crippen LogP contribution in [0.5, 0.6) is 5.75 Å². The molecule has 3 rings (SSSR count). The van der Waals surface area contributed by atoms with E-state index < -0.39 is 0 Å². The summed E-state index contributed by atoms with van der Waals surface area (Å²) in [6, 6.07) is 4.25. The Kier molecular flexibility index (Phi) is 4.73. The number of pyridine rings is 1. The Morgan fingerprint density at radius 1 is 1.48 bits per heavy atom. The molecule has 5 heteroatoms. The van der Waals surface area contributed by atoms with Gasteiger partial charge in [0.2, 0.25) is 0 Å². The van der Waals surface area contributed by atoms with E-state index in [-0.39, 0.29) is 12.0 Å². The maximum absolute atomic E-state index is 10.3. The molecule has 0 aliphatic carbocycles. The molecule has 116 valence electrons. The number of aliphatic hydroxyl groups is 1. The van der Waals surface area contributed by atoms with Gasteiger partial charge in [-0.05, 0) is 31.9 Å². The van der Waals surface area contributed by atoms with Crippen LogP contribution in [0.2, 0.25) is 0 Å². The average molecular weight is 292 g/mol. The molecular weight excluding hydrogens is 268 g/mol. The number of aromatic nitrogens is 1. The molecule has 3 atom stereocenters. The normalized spacial score (nSPS) is 30.5. The van der Waals surface area contributed by atoms with E-state index in [0.29, 0.717) is 19.3 Å². The molecule has 2 aliphatic heterocycles. The Balaban J connectivity index is 1.68. The monoisotopic (exact) mass is 292 g/mol. The first-order chi connectivity index (χ1) is 10.3. The summed E-state index contributed by atoms with van der Waals surface area (Å²) < 4.78 is 10.8. The van der Waals surface area contributed by atoms with Crippen LogP contribution >= 0.6 is 0 Å². The Morgan fingerprint density at radius 2 is 2.38 bits per heavy atom. The van der Waals surface area contributed by atoms with Crippen LogP contribution in [-0.2, 0) is 11.3 Å². The number of aliphatic hydroxyl groups excluding tert-OH is 1. The van der Waals surface area contributed by atoms with E-state index in [9.17, 15) is 5.11 Å². The number of hydrogen-bond acceptors (Lipinski definition) is 5. The summed E-state index contributed by atoms with van der Waals surface area (Å²) in [5.74, 6) is 1.07. The van der Waals surface area contributed by atoms with Crippen molar-refractivity contribution in [2.45, 2.75) is 38.0 Å². The summed E-state index contributed by atoms with van der Waals surface area (Å²) in [5.41, 5.74) is 1.02. The Morgan fingerprint density at radius 3 is 3.19 bits per heavy atom. The summed E-state index contributed by atoms with van der Waals surface area (Å²) in [6.07, 6.45) is 4.62. The van der Waals surface area contributed by atoms with Crippen molar-refractivity contribution in [1.82, 2.24) is 9.88 Å². The Bertz CT molecular complexity index is 469. The van der Waals surface area contributed by atoms with Crippen LogP contribution in [0, 0.1) is 5.92 Å². The minimum atomic E-state index is -0.234. The van der Waals surface area contributed by atoms with E-state index in [2.05, 4.69) is 9.88 Å². The van der Waals surface area contributed by atoms with Gasteiger partial charge in [0.1, 0.15) is 5.75 Å². The van der Waals surface area contributed by atoms with Gasteiger partial charge in [-0.1, -0.05) is 0 Å². The van der Waals surface area contributed by atoms with Crippen molar-refractivity contribution in [3.63, 3.8) is 0 Å². The molecule has 0 spiro atoms. The molecule has 0 amide bonds. The highest BCUT2D eigenvalue weighted by molar-refractivity contribution is 5.22. The van der Waals surface area contributed by atoms with Gasteiger partial charge in [0.25, 0.3) is 0 Å².